The van der Waals surface area contributed by atoms with Gasteiger partial charge in [-0.3, -0.25) is 9.59 Å². The Kier molecular flexibility index (Phi) is 3.65. The van der Waals surface area contributed by atoms with Crippen molar-refractivity contribution in [3.8, 4) is 6.07 Å². The maximum Gasteiger partial charge on any atom is 0.173 e. The van der Waals surface area contributed by atoms with E-state index in [9.17, 15) is 14.9 Å². The Morgan fingerprint density at radius 1 is 1.27 bits per heavy atom. The number of nitrogens with zero attached hydrogens (tertiary/aromatic N) is 1. The fourth-order valence-corrected chi connectivity index (χ4v) is 4.45. The van der Waals surface area contributed by atoms with Crippen molar-refractivity contribution in [1.29, 1.82) is 5.26 Å². The summed E-state index contributed by atoms with van der Waals surface area (Å²) in [6.45, 7) is 4.13. The SMILES string of the molecule is CC1(C)CC(=O)C=C(Nc2sc3c(c2C#N)CCCC3=O)C1. The van der Waals surface area contributed by atoms with E-state index in [1.165, 1.54) is 11.3 Å². The molecule has 4 nitrogen and oxygen atoms in total. The second-order valence-corrected chi connectivity index (χ2v) is 7.80. The lowest BCUT2D eigenvalue weighted by molar-refractivity contribution is -0.117. The summed E-state index contributed by atoms with van der Waals surface area (Å²) in [4.78, 5) is 24.6. The van der Waals surface area contributed by atoms with Gasteiger partial charge in [0.25, 0.3) is 0 Å². The summed E-state index contributed by atoms with van der Waals surface area (Å²) < 4.78 is 0. The van der Waals surface area contributed by atoms with Crippen LogP contribution in [0.4, 0.5) is 5.00 Å². The quantitative estimate of drug-likeness (QED) is 0.900. The fraction of sp³-hybridized carbons (Fsp3) is 0.471. The van der Waals surface area contributed by atoms with Gasteiger partial charge in [-0.1, -0.05) is 13.8 Å². The summed E-state index contributed by atoms with van der Waals surface area (Å²) in [5, 5.41) is 13.4. The van der Waals surface area contributed by atoms with E-state index in [4.69, 9.17) is 0 Å². The Morgan fingerprint density at radius 3 is 2.73 bits per heavy atom. The molecule has 0 saturated heterocycles. The van der Waals surface area contributed by atoms with Crippen LogP contribution in [0, 0.1) is 16.7 Å². The number of ketones is 2. The highest BCUT2D eigenvalue weighted by Crippen LogP contribution is 2.40. The minimum absolute atomic E-state index is 0.0757. The highest BCUT2D eigenvalue weighted by Gasteiger charge is 2.30. The van der Waals surface area contributed by atoms with E-state index < -0.39 is 0 Å². The lowest BCUT2D eigenvalue weighted by Crippen LogP contribution is -2.24. The van der Waals surface area contributed by atoms with Crippen molar-refractivity contribution in [3.05, 3.63) is 27.8 Å². The lowest BCUT2D eigenvalue weighted by Gasteiger charge is -2.29. The standard InChI is InChI=1S/C17H18N2O2S/c1-17(2)7-10(6-11(20)8-17)19-16-13(9-18)12-4-3-5-14(21)15(12)22-16/h6,19H,3-5,7-8H2,1-2H3. The first-order valence-corrected chi connectivity index (χ1v) is 8.31. The van der Waals surface area contributed by atoms with Gasteiger partial charge in [0, 0.05) is 24.6 Å². The maximum absolute atomic E-state index is 12.0. The van der Waals surface area contributed by atoms with Crippen molar-refractivity contribution in [3.63, 3.8) is 0 Å². The van der Waals surface area contributed by atoms with Crippen LogP contribution in [0.3, 0.4) is 0 Å². The predicted molar refractivity (Wildman–Crippen MR) is 86.0 cm³/mol. The molecule has 0 unspecified atom stereocenters. The topological polar surface area (TPSA) is 70.0 Å². The smallest absolute Gasteiger partial charge is 0.173 e. The molecule has 0 saturated carbocycles. The highest BCUT2D eigenvalue weighted by molar-refractivity contribution is 7.18. The number of fused-ring (bicyclic) bond motifs is 1. The van der Waals surface area contributed by atoms with Crippen molar-refractivity contribution in [2.45, 2.75) is 46.0 Å². The van der Waals surface area contributed by atoms with Crippen molar-refractivity contribution < 1.29 is 9.59 Å². The van der Waals surface area contributed by atoms with Crippen molar-refractivity contribution in [1.82, 2.24) is 0 Å². The summed E-state index contributed by atoms with van der Waals surface area (Å²) >= 11 is 1.35. The third-order valence-corrected chi connectivity index (χ3v) is 5.32. The average molecular weight is 314 g/mol. The van der Waals surface area contributed by atoms with E-state index in [1.54, 1.807) is 6.08 Å². The summed E-state index contributed by atoms with van der Waals surface area (Å²) in [6.07, 6.45) is 5.10. The zero-order valence-corrected chi connectivity index (χ0v) is 13.6. The number of Topliss-reactive ketones (excluding diaryl/α,β-unsaturated/α-hetero) is 1. The first-order chi connectivity index (χ1) is 10.4. The lowest BCUT2D eigenvalue weighted by atomic mass is 9.79. The number of rotatable bonds is 2. The molecule has 5 heteroatoms. The maximum atomic E-state index is 12.0. The van der Waals surface area contributed by atoms with Crippen LogP contribution in [0.1, 0.15) is 60.3 Å². The van der Waals surface area contributed by atoms with Crippen LogP contribution in [0.15, 0.2) is 11.8 Å². The molecule has 0 atom stereocenters. The molecule has 1 aromatic rings. The van der Waals surface area contributed by atoms with E-state index in [0.29, 0.717) is 28.3 Å². The Bertz CT molecular complexity index is 735. The fourth-order valence-electron chi connectivity index (χ4n) is 3.25. The van der Waals surface area contributed by atoms with E-state index >= 15 is 0 Å². The van der Waals surface area contributed by atoms with Crippen LogP contribution in [-0.4, -0.2) is 11.6 Å². The number of hydrogen-bond donors (Lipinski definition) is 1. The largest absolute Gasteiger partial charge is 0.349 e. The summed E-state index contributed by atoms with van der Waals surface area (Å²) in [6, 6.07) is 2.23. The number of allylic oxidation sites excluding steroid dienone is 2. The molecule has 0 aromatic carbocycles. The van der Waals surface area contributed by atoms with Crippen LogP contribution < -0.4 is 5.32 Å². The van der Waals surface area contributed by atoms with Gasteiger partial charge in [0.05, 0.1) is 10.4 Å². The molecule has 3 rings (SSSR count). The van der Waals surface area contributed by atoms with Gasteiger partial charge in [0.1, 0.15) is 11.1 Å². The van der Waals surface area contributed by atoms with Gasteiger partial charge >= 0.3 is 0 Å². The molecule has 0 radical (unpaired) electrons. The third kappa shape index (κ3) is 2.71. The van der Waals surface area contributed by atoms with Gasteiger partial charge in [-0.2, -0.15) is 5.26 Å². The minimum atomic E-state index is -0.0757. The van der Waals surface area contributed by atoms with Gasteiger partial charge < -0.3 is 5.32 Å². The average Bonchev–Trinajstić information content (AvgIpc) is 2.75. The Morgan fingerprint density at radius 2 is 2.05 bits per heavy atom. The third-order valence-electron chi connectivity index (χ3n) is 4.13. The molecule has 0 spiro atoms. The Labute approximate surface area is 133 Å². The number of anilines is 1. The van der Waals surface area contributed by atoms with E-state index in [2.05, 4.69) is 25.2 Å². The van der Waals surface area contributed by atoms with Crippen LogP contribution in [0.25, 0.3) is 0 Å². The summed E-state index contributed by atoms with van der Waals surface area (Å²) in [5.74, 6) is 0.236. The van der Waals surface area contributed by atoms with Crippen LogP contribution >= 0.6 is 11.3 Å². The molecule has 0 aliphatic heterocycles. The zero-order chi connectivity index (χ0) is 15.9. The van der Waals surface area contributed by atoms with Crippen molar-refractivity contribution in [2.24, 2.45) is 5.41 Å². The number of carbonyl (C=O) groups is 2. The van der Waals surface area contributed by atoms with Gasteiger partial charge in [0.2, 0.25) is 0 Å². The Balaban J connectivity index is 1.95. The molecular formula is C17H18N2O2S. The predicted octanol–water partition coefficient (Wildman–Crippen LogP) is 3.82. The number of carbonyl (C=O) groups excluding carboxylic acids is 2. The van der Waals surface area contributed by atoms with Crippen LogP contribution in [0.2, 0.25) is 0 Å². The molecular weight excluding hydrogens is 296 g/mol. The molecule has 1 aromatic heterocycles. The molecule has 2 aliphatic rings. The molecule has 0 amide bonds. The minimum Gasteiger partial charge on any atom is -0.349 e. The summed E-state index contributed by atoms with van der Waals surface area (Å²) in [5.41, 5.74) is 2.22. The van der Waals surface area contributed by atoms with Gasteiger partial charge in [-0.05, 0) is 30.2 Å². The molecule has 22 heavy (non-hydrogen) atoms. The first kappa shape index (κ1) is 15.0. The number of nitriles is 1. The highest BCUT2D eigenvalue weighted by atomic mass is 32.1. The van der Waals surface area contributed by atoms with Gasteiger partial charge in [-0.15, -0.1) is 11.3 Å². The zero-order valence-electron chi connectivity index (χ0n) is 12.8. The van der Waals surface area contributed by atoms with Gasteiger partial charge in [-0.25, -0.2) is 0 Å². The van der Waals surface area contributed by atoms with Gasteiger partial charge in [0.15, 0.2) is 11.6 Å². The number of hydrogen-bond acceptors (Lipinski definition) is 5. The summed E-state index contributed by atoms with van der Waals surface area (Å²) in [7, 11) is 0. The number of thiophene rings is 1. The molecule has 114 valence electrons. The molecule has 0 bridgehead atoms. The molecule has 2 aliphatic carbocycles. The van der Waals surface area contributed by atoms with Crippen molar-refractivity contribution >= 4 is 27.9 Å². The van der Waals surface area contributed by atoms with E-state index in [-0.39, 0.29) is 17.0 Å². The second kappa shape index (κ2) is 5.36. The first-order valence-electron chi connectivity index (χ1n) is 7.49. The van der Waals surface area contributed by atoms with Crippen LogP contribution in [-0.2, 0) is 11.2 Å². The van der Waals surface area contributed by atoms with Crippen LogP contribution in [0.5, 0.6) is 0 Å². The Hall–Kier alpha value is -1.93. The normalized spacial score (nSPS) is 20.1. The second-order valence-electron chi connectivity index (χ2n) is 6.78. The number of nitrogens with one attached hydrogen (secondary N) is 1. The van der Waals surface area contributed by atoms with Crippen molar-refractivity contribution in [2.75, 3.05) is 5.32 Å². The monoisotopic (exact) mass is 314 g/mol. The molecule has 1 heterocycles. The van der Waals surface area contributed by atoms with E-state index in [1.807, 2.05) is 0 Å². The molecule has 0 fully saturated rings. The van der Waals surface area contributed by atoms with E-state index in [0.717, 1.165) is 30.5 Å². The molecule has 1 N–H and O–H groups in total.